The Hall–Kier alpha value is 0.620. The van der Waals surface area contributed by atoms with Gasteiger partial charge in [-0.3, -0.25) is 0 Å². The van der Waals surface area contributed by atoms with E-state index in [-0.39, 0.29) is 0 Å². The average Bonchev–Trinajstić information content (AvgIpc) is 2.24. The molecule has 0 bridgehead atoms. The largest absolute Gasteiger partial charge is 0.385 e. The first kappa shape index (κ1) is 15.6. The first-order valence-corrected chi connectivity index (χ1v) is 8.26. The van der Waals surface area contributed by atoms with E-state index in [1.165, 1.54) is 31.7 Å². The fourth-order valence-corrected chi connectivity index (χ4v) is 2.57. The van der Waals surface area contributed by atoms with Gasteiger partial charge < -0.3 is 9.64 Å². The van der Waals surface area contributed by atoms with Crippen LogP contribution in [0, 0.1) is 5.92 Å². The van der Waals surface area contributed by atoms with Crippen molar-refractivity contribution in [2.75, 3.05) is 45.9 Å². The van der Waals surface area contributed by atoms with Gasteiger partial charge in [0, 0.05) is 26.0 Å². The predicted molar refractivity (Wildman–Crippen MR) is 73.7 cm³/mol. The normalized spacial score (nSPS) is 13.4. The molecule has 0 fully saturated rings. The molecule has 0 saturated heterocycles. The lowest BCUT2D eigenvalue weighted by molar-refractivity contribution is 0.175. The zero-order chi connectivity index (χ0) is 11.5. The Bertz CT molecular complexity index is 136. The smallest absolute Gasteiger partial charge is 0.0464 e. The van der Waals surface area contributed by atoms with Crippen molar-refractivity contribution >= 4 is 21.6 Å². The number of nitrogens with zero attached hydrogens (tertiary/aromatic N) is 1. The summed E-state index contributed by atoms with van der Waals surface area (Å²) in [6.07, 6.45) is 4.60. The fourth-order valence-electron chi connectivity index (χ4n) is 1.29. The molecule has 0 rings (SSSR count). The second-order valence-electron chi connectivity index (χ2n) is 3.97. The molecule has 0 aliphatic heterocycles. The van der Waals surface area contributed by atoms with Gasteiger partial charge in [0.25, 0.3) is 0 Å². The van der Waals surface area contributed by atoms with E-state index in [9.17, 15) is 0 Å². The highest BCUT2D eigenvalue weighted by molar-refractivity contribution is 8.76. The molecule has 4 heteroatoms. The molecule has 0 aromatic rings. The van der Waals surface area contributed by atoms with Crippen molar-refractivity contribution in [3.63, 3.8) is 0 Å². The Labute approximate surface area is 103 Å². The van der Waals surface area contributed by atoms with Crippen molar-refractivity contribution in [2.45, 2.75) is 19.8 Å². The zero-order valence-corrected chi connectivity index (χ0v) is 12.1. The van der Waals surface area contributed by atoms with Crippen LogP contribution in [0.1, 0.15) is 19.8 Å². The third-order valence-electron chi connectivity index (χ3n) is 2.49. The maximum atomic E-state index is 5.08. The van der Waals surface area contributed by atoms with Gasteiger partial charge in [0.15, 0.2) is 0 Å². The van der Waals surface area contributed by atoms with Crippen LogP contribution in [0.15, 0.2) is 0 Å². The third-order valence-corrected chi connectivity index (χ3v) is 4.28. The molecule has 0 aliphatic rings. The Morgan fingerprint density at radius 3 is 2.60 bits per heavy atom. The van der Waals surface area contributed by atoms with Crippen molar-refractivity contribution in [3.8, 4) is 0 Å². The van der Waals surface area contributed by atoms with Gasteiger partial charge in [0.05, 0.1) is 0 Å². The van der Waals surface area contributed by atoms with Crippen molar-refractivity contribution in [2.24, 2.45) is 5.92 Å². The van der Waals surface area contributed by atoms with Gasteiger partial charge in [-0.25, -0.2) is 0 Å². The van der Waals surface area contributed by atoms with Gasteiger partial charge >= 0.3 is 0 Å². The van der Waals surface area contributed by atoms with E-state index in [4.69, 9.17) is 4.74 Å². The van der Waals surface area contributed by atoms with Crippen LogP contribution in [0.25, 0.3) is 0 Å². The number of rotatable bonds is 10. The molecule has 1 unspecified atom stereocenters. The summed E-state index contributed by atoms with van der Waals surface area (Å²) in [5.41, 5.74) is 0. The Balaban J connectivity index is 3.31. The Kier molecular flexibility index (Phi) is 11.6. The molecule has 0 spiro atoms. The zero-order valence-electron chi connectivity index (χ0n) is 10.5. The molecule has 92 valence electrons. The molecular formula is C11H25NOS2. The van der Waals surface area contributed by atoms with Crippen LogP contribution in [-0.4, -0.2) is 50.8 Å². The predicted octanol–water partition coefficient (Wildman–Crippen LogP) is 2.99. The van der Waals surface area contributed by atoms with Crippen molar-refractivity contribution < 1.29 is 4.74 Å². The summed E-state index contributed by atoms with van der Waals surface area (Å²) in [5, 5.41) is 0. The molecule has 0 amide bonds. The monoisotopic (exact) mass is 251 g/mol. The average molecular weight is 251 g/mol. The van der Waals surface area contributed by atoms with Crippen LogP contribution in [0.5, 0.6) is 0 Å². The molecule has 15 heavy (non-hydrogen) atoms. The minimum atomic E-state index is 0.778. The number of hydrogen-bond donors (Lipinski definition) is 0. The highest BCUT2D eigenvalue weighted by Gasteiger charge is 2.04. The molecule has 0 heterocycles. The highest BCUT2D eigenvalue weighted by atomic mass is 33.1. The third kappa shape index (κ3) is 10.9. The minimum Gasteiger partial charge on any atom is -0.385 e. The standard InChI is InChI=1S/C11H25NOS2/c1-11(6-9-13-3)5-7-12(2)8-10-15-14-4/h11H,5-10H2,1-4H3. The highest BCUT2D eigenvalue weighted by Crippen LogP contribution is 2.16. The summed E-state index contributed by atoms with van der Waals surface area (Å²) in [6, 6.07) is 0. The maximum absolute atomic E-state index is 5.08. The molecule has 0 aromatic heterocycles. The summed E-state index contributed by atoms with van der Waals surface area (Å²) in [7, 11) is 7.78. The van der Waals surface area contributed by atoms with Crippen LogP contribution in [0.4, 0.5) is 0 Å². The lowest BCUT2D eigenvalue weighted by Crippen LogP contribution is -2.23. The molecule has 1 atom stereocenters. The Morgan fingerprint density at radius 1 is 1.27 bits per heavy atom. The molecule has 0 N–H and O–H groups in total. The van der Waals surface area contributed by atoms with Gasteiger partial charge in [-0.2, -0.15) is 0 Å². The number of ether oxygens (including phenoxy) is 1. The maximum Gasteiger partial charge on any atom is 0.0464 e. The van der Waals surface area contributed by atoms with Crippen LogP contribution >= 0.6 is 21.6 Å². The second-order valence-corrected chi connectivity index (χ2v) is 6.65. The van der Waals surface area contributed by atoms with Gasteiger partial charge in [-0.05, 0) is 38.6 Å². The molecule has 0 aliphatic carbocycles. The number of methoxy groups -OCH3 is 1. The summed E-state index contributed by atoms with van der Waals surface area (Å²) < 4.78 is 5.08. The van der Waals surface area contributed by atoms with E-state index >= 15 is 0 Å². The molecule has 2 nitrogen and oxygen atoms in total. The van der Waals surface area contributed by atoms with E-state index in [1.54, 1.807) is 7.11 Å². The summed E-state index contributed by atoms with van der Waals surface area (Å²) in [4.78, 5) is 2.42. The molecule has 0 radical (unpaired) electrons. The summed E-state index contributed by atoms with van der Waals surface area (Å²) >= 11 is 0. The first-order chi connectivity index (χ1) is 7.20. The van der Waals surface area contributed by atoms with Crippen molar-refractivity contribution in [1.29, 1.82) is 0 Å². The van der Waals surface area contributed by atoms with E-state index in [0.29, 0.717) is 0 Å². The SMILES string of the molecule is COCCC(C)CCN(C)CCSSC. The number of hydrogen-bond acceptors (Lipinski definition) is 4. The summed E-state index contributed by atoms with van der Waals surface area (Å²) in [6.45, 7) is 5.61. The van der Waals surface area contributed by atoms with Crippen LogP contribution < -0.4 is 0 Å². The van der Waals surface area contributed by atoms with Crippen LogP contribution in [0.3, 0.4) is 0 Å². The van der Waals surface area contributed by atoms with E-state index in [2.05, 4.69) is 25.1 Å². The topological polar surface area (TPSA) is 12.5 Å². The first-order valence-electron chi connectivity index (χ1n) is 5.53. The van der Waals surface area contributed by atoms with Crippen molar-refractivity contribution in [3.05, 3.63) is 0 Å². The van der Waals surface area contributed by atoms with E-state index in [1.807, 2.05) is 21.6 Å². The molecular weight excluding hydrogens is 226 g/mol. The van der Waals surface area contributed by atoms with Crippen LogP contribution in [0.2, 0.25) is 0 Å². The fraction of sp³-hybridized carbons (Fsp3) is 1.00. The van der Waals surface area contributed by atoms with E-state index < -0.39 is 0 Å². The van der Waals surface area contributed by atoms with Gasteiger partial charge in [-0.1, -0.05) is 28.5 Å². The minimum absolute atomic E-state index is 0.778. The van der Waals surface area contributed by atoms with Gasteiger partial charge in [-0.15, -0.1) is 0 Å². The summed E-state index contributed by atoms with van der Waals surface area (Å²) in [5.74, 6) is 2.00. The molecule has 0 aromatic carbocycles. The molecule has 0 saturated carbocycles. The lowest BCUT2D eigenvalue weighted by atomic mass is 10.0. The quantitative estimate of drug-likeness (QED) is 0.437. The lowest BCUT2D eigenvalue weighted by Gasteiger charge is -2.18. The van der Waals surface area contributed by atoms with Gasteiger partial charge in [0.1, 0.15) is 0 Å². The van der Waals surface area contributed by atoms with Crippen molar-refractivity contribution in [1.82, 2.24) is 4.90 Å². The van der Waals surface area contributed by atoms with Crippen LogP contribution in [-0.2, 0) is 4.74 Å². The Morgan fingerprint density at radius 2 is 2.00 bits per heavy atom. The second kappa shape index (κ2) is 11.1. The van der Waals surface area contributed by atoms with E-state index in [0.717, 1.165) is 12.5 Å². The van der Waals surface area contributed by atoms with Gasteiger partial charge in [0.2, 0.25) is 0 Å².